The van der Waals surface area contributed by atoms with Gasteiger partial charge < -0.3 is 10.2 Å². The first kappa shape index (κ1) is 36.0. The quantitative estimate of drug-likeness (QED) is 0.158. The van der Waals surface area contributed by atoms with E-state index in [0.717, 1.165) is 41.1 Å². The van der Waals surface area contributed by atoms with E-state index in [1.165, 1.54) is 35.2 Å². The lowest BCUT2D eigenvalue weighted by atomic mass is 10.0. The molecule has 252 valence electrons. The summed E-state index contributed by atoms with van der Waals surface area (Å²) in [5, 5.41) is 4.17. The fourth-order valence-corrected chi connectivity index (χ4v) is 8.04. The molecule has 48 heavy (non-hydrogen) atoms. The second-order valence-corrected chi connectivity index (χ2v) is 15.5. The topological polar surface area (TPSA) is 86.8 Å². The van der Waals surface area contributed by atoms with Crippen molar-refractivity contribution in [2.75, 3.05) is 10.8 Å². The number of sulfonamides is 1. The number of anilines is 1. The first-order chi connectivity index (χ1) is 22.9. The molecule has 0 heterocycles. The number of benzene rings is 4. The molecular weight excluding hydrogens is 712 g/mol. The highest BCUT2D eigenvalue weighted by atomic mass is 35.5. The van der Waals surface area contributed by atoms with Crippen molar-refractivity contribution in [2.24, 2.45) is 0 Å². The third kappa shape index (κ3) is 9.04. The van der Waals surface area contributed by atoms with Crippen LogP contribution in [0.5, 0.6) is 0 Å². The van der Waals surface area contributed by atoms with E-state index >= 15 is 0 Å². The summed E-state index contributed by atoms with van der Waals surface area (Å²) in [7, 11) is -4.31. The molecular formula is C36H35Cl4N3O4S. The molecule has 2 amide bonds. The number of rotatable bonds is 12. The summed E-state index contributed by atoms with van der Waals surface area (Å²) >= 11 is 25.2. The van der Waals surface area contributed by atoms with Crippen molar-refractivity contribution >= 4 is 73.9 Å². The first-order valence-corrected chi connectivity index (χ1v) is 18.5. The van der Waals surface area contributed by atoms with E-state index in [2.05, 4.69) is 5.32 Å². The van der Waals surface area contributed by atoms with Crippen LogP contribution in [-0.4, -0.2) is 43.8 Å². The molecule has 1 aliphatic carbocycles. The van der Waals surface area contributed by atoms with Crippen molar-refractivity contribution < 1.29 is 18.0 Å². The molecule has 1 aliphatic rings. The smallest absolute Gasteiger partial charge is 0.264 e. The molecule has 1 fully saturated rings. The summed E-state index contributed by atoms with van der Waals surface area (Å²) in [5.41, 5.74) is 2.42. The molecule has 1 saturated carbocycles. The average molecular weight is 748 g/mol. The van der Waals surface area contributed by atoms with Crippen LogP contribution >= 0.6 is 46.4 Å². The number of halogens is 4. The van der Waals surface area contributed by atoms with Crippen LogP contribution in [0.3, 0.4) is 0 Å². The second-order valence-electron chi connectivity index (χ2n) is 11.9. The molecule has 0 bridgehead atoms. The molecule has 0 aliphatic heterocycles. The summed E-state index contributed by atoms with van der Waals surface area (Å²) in [6.45, 7) is 1.16. The van der Waals surface area contributed by atoms with Crippen molar-refractivity contribution in [1.82, 2.24) is 10.2 Å². The largest absolute Gasteiger partial charge is 0.352 e. The van der Waals surface area contributed by atoms with Gasteiger partial charge in [-0.3, -0.25) is 13.9 Å². The summed E-state index contributed by atoms with van der Waals surface area (Å²) < 4.78 is 29.5. The van der Waals surface area contributed by atoms with E-state index in [9.17, 15) is 18.0 Å². The monoisotopic (exact) mass is 745 g/mol. The Hall–Kier alpha value is -3.27. The molecule has 1 N–H and O–H groups in total. The number of hydrogen-bond acceptors (Lipinski definition) is 4. The Morgan fingerprint density at radius 3 is 2.08 bits per heavy atom. The Morgan fingerprint density at radius 2 is 1.46 bits per heavy atom. The predicted octanol–water partition coefficient (Wildman–Crippen LogP) is 8.50. The van der Waals surface area contributed by atoms with Gasteiger partial charge in [0, 0.05) is 29.1 Å². The number of hydrogen-bond donors (Lipinski definition) is 1. The zero-order valence-corrected chi connectivity index (χ0v) is 30.1. The van der Waals surface area contributed by atoms with Gasteiger partial charge in [0.05, 0.1) is 20.6 Å². The Labute approximate surface area is 301 Å². The maximum atomic E-state index is 14.7. The fraction of sp³-hybridized carbons (Fsp3) is 0.278. The van der Waals surface area contributed by atoms with Crippen LogP contribution in [0.4, 0.5) is 5.69 Å². The van der Waals surface area contributed by atoms with Gasteiger partial charge in [0.2, 0.25) is 11.8 Å². The number of carbonyl (C=O) groups is 2. The van der Waals surface area contributed by atoms with Gasteiger partial charge >= 0.3 is 0 Å². The van der Waals surface area contributed by atoms with Crippen molar-refractivity contribution in [3.05, 3.63) is 128 Å². The highest BCUT2D eigenvalue weighted by molar-refractivity contribution is 7.92. The number of amides is 2. The third-order valence-corrected chi connectivity index (χ3v) is 11.3. The first-order valence-electron chi connectivity index (χ1n) is 15.5. The minimum absolute atomic E-state index is 0.00952. The minimum atomic E-state index is -4.31. The molecule has 0 aromatic heterocycles. The SMILES string of the molecule is Cc1ccc(S(=O)(=O)N(CC(=O)N(Cc2ccc(Cl)c(Cl)c2)C(Cc2ccccc2)C(=O)NC2CCCC2)c2cc(Cl)cc(Cl)c2)cc1. The molecule has 0 radical (unpaired) electrons. The molecule has 1 unspecified atom stereocenters. The number of nitrogens with zero attached hydrogens (tertiary/aromatic N) is 2. The van der Waals surface area contributed by atoms with Crippen LogP contribution in [0.2, 0.25) is 20.1 Å². The van der Waals surface area contributed by atoms with Crippen molar-refractivity contribution in [3.8, 4) is 0 Å². The third-order valence-electron chi connectivity index (χ3n) is 8.33. The molecule has 0 saturated heterocycles. The van der Waals surface area contributed by atoms with Gasteiger partial charge in [-0.05, 0) is 73.4 Å². The van der Waals surface area contributed by atoms with Gasteiger partial charge in [0.1, 0.15) is 12.6 Å². The van der Waals surface area contributed by atoms with E-state index in [1.807, 2.05) is 37.3 Å². The summed E-state index contributed by atoms with van der Waals surface area (Å²) in [4.78, 5) is 30.2. The Morgan fingerprint density at radius 1 is 0.812 bits per heavy atom. The normalized spacial score (nSPS) is 14.0. The van der Waals surface area contributed by atoms with Gasteiger partial charge in [-0.25, -0.2) is 8.42 Å². The maximum absolute atomic E-state index is 14.7. The van der Waals surface area contributed by atoms with Crippen LogP contribution in [0, 0.1) is 6.92 Å². The van der Waals surface area contributed by atoms with Crippen molar-refractivity contribution in [1.29, 1.82) is 0 Å². The van der Waals surface area contributed by atoms with E-state index in [1.54, 1.807) is 30.3 Å². The molecule has 0 spiro atoms. The lowest BCUT2D eigenvalue weighted by Crippen LogP contribution is -2.54. The highest BCUT2D eigenvalue weighted by Crippen LogP contribution is 2.31. The fourth-order valence-electron chi connectivity index (χ4n) is 5.81. The lowest BCUT2D eigenvalue weighted by Gasteiger charge is -2.34. The van der Waals surface area contributed by atoms with Crippen LogP contribution in [0.25, 0.3) is 0 Å². The van der Waals surface area contributed by atoms with Crippen LogP contribution in [-0.2, 0) is 32.6 Å². The molecule has 4 aromatic rings. The zero-order chi connectivity index (χ0) is 34.4. The van der Waals surface area contributed by atoms with Gasteiger partial charge in [-0.1, -0.05) is 113 Å². The number of aryl methyl sites for hydroxylation is 1. The van der Waals surface area contributed by atoms with E-state index in [0.29, 0.717) is 10.6 Å². The summed E-state index contributed by atoms with van der Waals surface area (Å²) in [5.74, 6) is -0.937. The van der Waals surface area contributed by atoms with Crippen LogP contribution < -0.4 is 9.62 Å². The molecule has 1 atom stereocenters. The highest BCUT2D eigenvalue weighted by Gasteiger charge is 2.36. The molecule has 5 rings (SSSR count). The average Bonchev–Trinajstić information content (AvgIpc) is 3.56. The number of nitrogens with one attached hydrogen (secondary N) is 1. The molecule has 4 aromatic carbocycles. The minimum Gasteiger partial charge on any atom is -0.352 e. The van der Waals surface area contributed by atoms with Crippen LogP contribution in [0.15, 0.2) is 95.9 Å². The van der Waals surface area contributed by atoms with Gasteiger partial charge in [-0.15, -0.1) is 0 Å². The Bertz CT molecular complexity index is 1850. The van der Waals surface area contributed by atoms with E-state index < -0.39 is 28.5 Å². The van der Waals surface area contributed by atoms with Gasteiger partial charge in [0.15, 0.2) is 0 Å². The van der Waals surface area contributed by atoms with E-state index in [4.69, 9.17) is 46.4 Å². The Balaban J connectivity index is 1.59. The maximum Gasteiger partial charge on any atom is 0.264 e. The number of carbonyl (C=O) groups excluding carboxylic acids is 2. The lowest BCUT2D eigenvalue weighted by molar-refractivity contribution is -0.140. The van der Waals surface area contributed by atoms with Crippen LogP contribution in [0.1, 0.15) is 42.4 Å². The molecule has 12 heteroatoms. The second kappa shape index (κ2) is 16.0. The van der Waals surface area contributed by atoms with Gasteiger partial charge in [0.25, 0.3) is 10.0 Å². The summed E-state index contributed by atoms with van der Waals surface area (Å²) in [6.07, 6.45) is 3.91. The van der Waals surface area contributed by atoms with Gasteiger partial charge in [-0.2, -0.15) is 0 Å². The molecule has 7 nitrogen and oxygen atoms in total. The zero-order valence-electron chi connectivity index (χ0n) is 26.2. The summed E-state index contributed by atoms with van der Waals surface area (Å²) in [6, 6.07) is 24.0. The van der Waals surface area contributed by atoms with Crippen molar-refractivity contribution in [3.63, 3.8) is 0 Å². The van der Waals surface area contributed by atoms with Crippen molar-refractivity contribution in [2.45, 2.75) is 62.6 Å². The standard InChI is InChI=1S/C36H35Cl4N3O4S/c1-24-11-14-31(15-12-24)48(46,47)43(30-20-27(37)19-28(38)21-30)23-35(44)42(22-26-13-16-32(39)33(40)17-26)34(18-25-7-3-2-4-8-25)36(45)41-29-9-5-6-10-29/h2-4,7-8,11-17,19-21,29,34H,5-6,9-10,18,22-23H2,1H3,(H,41,45). The van der Waals surface area contributed by atoms with E-state index in [-0.39, 0.29) is 50.6 Å². The Kier molecular flexibility index (Phi) is 12.0. The predicted molar refractivity (Wildman–Crippen MR) is 194 cm³/mol.